The van der Waals surface area contributed by atoms with Crippen molar-refractivity contribution in [2.24, 2.45) is 0 Å². The van der Waals surface area contributed by atoms with Gasteiger partial charge in [-0.15, -0.1) is 0 Å². The quantitative estimate of drug-likeness (QED) is 0.666. The predicted octanol–water partition coefficient (Wildman–Crippen LogP) is 1.58. The average Bonchev–Trinajstić information content (AvgIpc) is 2.75. The molecule has 2 fully saturated rings. The summed E-state index contributed by atoms with van der Waals surface area (Å²) in [5, 5.41) is 0. The molecule has 1 aromatic carbocycles. The van der Waals surface area contributed by atoms with E-state index in [-0.39, 0.29) is 12.0 Å². The molecule has 0 aliphatic carbocycles. The van der Waals surface area contributed by atoms with Crippen LogP contribution >= 0.6 is 0 Å². The van der Waals surface area contributed by atoms with E-state index in [1.807, 2.05) is 17.0 Å². The number of carbonyl (C=O) groups excluding carboxylic acids is 1. The Morgan fingerprint density at radius 3 is 2.38 bits per heavy atom. The van der Waals surface area contributed by atoms with E-state index < -0.39 is 10.0 Å². The molecule has 0 radical (unpaired) electrons. The van der Waals surface area contributed by atoms with Crippen LogP contribution in [0, 0.1) is 0 Å². The Morgan fingerprint density at radius 1 is 1.07 bits per heavy atom. The topological polar surface area (TPSA) is 70.2 Å². The number of morpholine rings is 1. The third kappa shape index (κ3) is 5.57. The second-order valence-electron chi connectivity index (χ2n) is 7.81. The SMILES string of the molecule is CCCc1ccc(S(=O)(=O)N2CCN(CC(=O)N3CCOC(CC)C3)CC2)cc1. The van der Waals surface area contributed by atoms with E-state index in [9.17, 15) is 13.2 Å². The molecule has 2 saturated heterocycles. The molecule has 162 valence electrons. The van der Waals surface area contributed by atoms with Crippen LogP contribution in [0.1, 0.15) is 32.3 Å². The van der Waals surface area contributed by atoms with Gasteiger partial charge >= 0.3 is 0 Å². The minimum atomic E-state index is -3.48. The summed E-state index contributed by atoms with van der Waals surface area (Å²) in [6, 6.07) is 7.21. The van der Waals surface area contributed by atoms with E-state index in [0.29, 0.717) is 57.3 Å². The Balaban J connectivity index is 1.52. The van der Waals surface area contributed by atoms with Crippen molar-refractivity contribution in [3.8, 4) is 0 Å². The monoisotopic (exact) mass is 423 g/mol. The molecule has 0 saturated carbocycles. The van der Waals surface area contributed by atoms with Gasteiger partial charge in [0.1, 0.15) is 0 Å². The molecule has 0 spiro atoms. The second kappa shape index (κ2) is 10.0. The van der Waals surface area contributed by atoms with Crippen LogP contribution in [0.3, 0.4) is 0 Å². The number of hydrogen-bond acceptors (Lipinski definition) is 5. The molecule has 2 heterocycles. The van der Waals surface area contributed by atoms with Crippen molar-refractivity contribution in [2.45, 2.75) is 44.1 Å². The number of hydrogen-bond donors (Lipinski definition) is 0. The van der Waals surface area contributed by atoms with Crippen LogP contribution < -0.4 is 0 Å². The zero-order chi connectivity index (χ0) is 20.9. The average molecular weight is 424 g/mol. The number of rotatable bonds is 7. The van der Waals surface area contributed by atoms with Crippen LogP contribution in [0.5, 0.6) is 0 Å². The lowest BCUT2D eigenvalue weighted by atomic mass is 10.1. The fraction of sp³-hybridized carbons (Fsp3) is 0.667. The van der Waals surface area contributed by atoms with E-state index in [0.717, 1.165) is 24.8 Å². The Bertz CT molecular complexity index is 774. The van der Waals surface area contributed by atoms with Crippen LogP contribution in [0.15, 0.2) is 29.2 Å². The minimum absolute atomic E-state index is 0.106. The Hall–Kier alpha value is -1.48. The number of nitrogens with zero attached hydrogens (tertiary/aromatic N) is 3. The van der Waals surface area contributed by atoms with Crippen LogP contribution in [-0.2, 0) is 26.0 Å². The third-order valence-corrected chi connectivity index (χ3v) is 7.65. The van der Waals surface area contributed by atoms with Gasteiger partial charge in [0.25, 0.3) is 0 Å². The first-order valence-corrected chi connectivity index (χ1v) is 12.1. The summed E-state index contributed by atoms with van der Waals surface area (Å²) in [4.78, 5) is 16.9. The number of aryl methyl sites for hydroxylation is 1. The third-order valence-electron chi connectivity index (χ3n) is 5.74. The van der Waals surface area contributed by atoms with Crippen LogP contribution in [0.25, 0.3) is 0 Å². The van der Waals surface area contributed by atoms with Crippen molar-refractivity contribution >= 4 is 15.9 Å². The fourth-order valence-corrected chi connectivity index (χ4v) is 5.30. The van der Waals surface area contributed by atoms with Crippen molar-refractivity contribution in [2.75, 3.05) is 52.4 Å². The molecule has 8 heteroatoms. The zero-order valence-electron chi connectivity index (χ0n) is 17.5. The Kier molecular flexibility index (Phi) is 7.67. The summed E-state index contributed by atoms with van der Waals surface area (Å²) >= 11 is 0. The van der Waals surface area contributed by atoms with Crippen molar-refractivity contribution in [1.29, 1.82) is 0 Å². The van der Waals surface area contributed by atoms with Gasteiger partial charge in [0.15, 0.2) is 0 Å². The standard InChI is InChI=1S/C21H33N3O4S/c1-3-5-18-6-8-20(9-7-18)29(26,27)24-12-10-22(11-13-24)17-21(25)23-14-15-28-19(4-2)16-23/h6-9,19H,3-5,10-17H2,1-2H3. The molecule has 1 unspecified atom stereocenters. The molecule has 7 nitrogen and oxygen atoms in total. The number of sulfonamides is 1. The first kappa shape index (κ1) is 22.2. The maximum atomic E-state index is 12.9. The molecule has 1 aromatic rings. The highest BCUT2D eigenvalue weighted by atomic mass is 32.2. The summed E-state index contributed by atoms with van der Waals surface area (Å²) in [6.45, 7) is 8.35. The van der Waals surface area contributed by atoms with Gasteiger partial charge in [-0.2, -0.15) is 4.31 Å². The van der Waals surface area contributed by atoms with E-state index in [2.05, 4.69) is 18.7 Å². The molecule has 1 atom stereocenters. The maximum absolute atomic E-state index is 12.9. The molecular formula is C21H33N3O4S. The molecule has 0 N–H and O–H groups in total. The second-order valence-corrected chi connectivity index (χ2v) is 9.75. The summed E-state index contributed by atoms with van der Waals surface area (Å²) in [5.74, 6) is 0.106. The molecular weight excluding hydrogens is 390 g/mol. The smallest absolute Gasteiger partial charge is 0.243 e. The summed E-state index contributed by atoms with van der Waals surface area (Å²) in [7, 11) is -3.48. The van der Waals surface area contributed by atoms with Crippen LogP contribution in [0.4, 0.5) is 0 Å². The van der Waals surface area contributed by atoms with Crippen molar-refractivity contribution < 1.29 is 17.9 Å². The van der Waals surface area contributed by atoms with Crippen molar-refractivity contribution in [3.05, 3.63) is 29.8 Å². The number of piperazine rings is 1. The normalized spacial score (nSPS) is 22.0. The minimum Gasteiger partial charge on any atom is -0.375 e. The van der Waals surface area contributed by atoms with Crippen LogP contribution in [0.2, 0.25) is 0 Å². The van der Waals surface area contributed by atoms with Gasteiger partial charge in [0.05, 0.1) is 24.2 Å². The van der Waals surface area contributed by atoms with Gasteiger partial charge in [-0.05, 0) is 30.5 Å². The fourth-order valence-electron chi connectivity index (χ4n) is 3.88. The Morgan fingerprint density at radius 2 is 1.76 bits per heavy atom. The van der Waals surface area contributed by atoms with Crippen molar-refractivity contribution in [1.82, 2.24) is 14.1 Å². The molecule has 0 aromatic heterocycles. The van der Waals surface area contributed by atoms with Gasteiger partial charge in [-0.25, -0.2) is 8.42 Å². The molecule has 3 rings (SSSR count). The Labute approximate surface area is 174 Å². The molecule has 2 aliphatic heterocycles. The summed E-state index contributed by atoms with van der Waals surface area (Å²) < 4.78 is 33.0. The van der Waals surface area contributed by atoms with Crippen molar-refractivity contribution in [3.63, 3.8) is 0 Å². The first-order valence-electron chi connectivity index (χ1n) is 10.6. The van der Waals surface area contributed by atoms with Gasteiger partial charge in [0, 0.05) is 39.3 Å². The van der Waals surface area contributed by atoms with Gasteiger partial charge in [-0.3, -0.25) is 9.69 Å². The lowest BCUT2D eigenvalue weighted by molar-refractivity contribution is -0.140. The lowest BCUT2D eigenvalue weighted by Gasteiger charge is -2.36. The highest BCUT2D eigenvalue weighted by Crippen LogP contribution is 2.19. The van der Waals surface area contributed by atoms with E-state index >= 15 is 0 Å². The predicted molar refractivity (Wildman–Crippen MR) is 112 cm³/mol. The first-order chi connectivity index (χ1) is 13.9. The highest BCUT2D eigenvalue weighted by molar-refractivity contribution is 7.89. The maximum Gasteiger partial charge on any atom is 0.243 e. The van der Waals surface area contributed by atoms with E-state index in [1.165, 1.54) is 4.31 Å². The summed E-state index contributed by atoms with van der Waals surface area (Å²) in [6.07, 6.45) is 3.02. The summed E-state index contributed by atoms with van der Waals surface area (Å²) in [5.41, 5.74) is 1.16. The molecule has 2 aliphatic rings. The molecule has 29 heavy (non-hydrogen) atoms. The van der Waals surface area contributed by atoms with Gasteiger partial charge < -0.3 is 9.64 Å². The van der Waals surface area contributed by atoms with Gasteiger partial charge in [0.2, 0.25) is 15.9 Å². The number of carbonyl (C=O) groups is 1. The number of ether oxygens (including phenoxy) is 1. The van der Waals surface area contributed by atoms with Crippen LogP contribution in [-0.4, -0.2) is 87.0 Å². The largest absolute Gasteiger partial charge is 0.375 e. The van der Waals surface area contributed by atoms with Gasteiger partial charge in [-0.1, -0.05) is 32.4 Å². The zero-order valence-corrected chi connectivity index (χ0v) is 18.4. The highest BCUT2D eigenvalue weighted by Gasteiger charge is 2.30. The molecule has 1 amide bonds. The number of benzene rings is 1. The van der Waals surface area contributed by atoms with E-state index in [4.69, 9.17) is 4.74 Å². The van der Waals surface area contributed by atoms with E-state index in [1.54, 1.807) is 12.1 Å². The lowest BCUT2D eigenvalue weighted by Crippen LogP contribution is -2.53. The number of amides is 1. The molecule has 0 bridgehead atoms.